The molecule has 132 valence electrons. The summed E-state index contributed by atoms with van der Waals surface area (Å²) in [7, 11) is 1.72. The summed E-state index contributed by atoms with van der Waals surface area (Å²) in [6.07, 6.45) is 1.44. The summed E-state index contributed by atoms with van der Waals surface area (Å²) in [4.78, 5) is 26.1. The second kappa shape index (κ2) is 7.89. The van der Waals surface area contributed by atoms with Crippen molar-refractivity contribution in [2.45, 2.75) is 6.54 Å². The average molecular weight is 369 g/mol. The Hall–Kier alpha value is -3.05. The van der Waals surface area contributed by atoms with Gasteiger partial charge in [0.2, 0.25) is 0 Å². The Morgan fingerprint density at radius 3 is 2.42 bits per heavy atom. The van der Waals surface area contributed by atoms with Crippen LogP contribution in [0.2, 0.25) is 5.02 Å². The Balaban J connectivity index is 1.65. The van der Waals surface area contributed by atoms with E-state index in [-0.39, 0.29) is 17.6 Å². The molecule has 3 aromatic rings. The van der Waals surface area contributed by atoms with Gasteiger partial charge in [-0.1, -0.05) is 29.8 Å². The fraction of sp³-hybridized carbons (Fsp3) is 0.100. The molecule has 3 rings (SSSR count). The fourth-order valence-electron chi connectivity index (χ4n) is 2.47. The number of nitrogens with zero attached hydrogens (tertiary/aromatic N) is 1. The van der Waals surface area contributed by atoms with E-state index in [0.717, 1.165) is 5.56 Å². The minimum atomic E-state index is -0.343. The summed E-state index contributed by atoms with van der Waals surface area (Å²) in [6, 6.07) is 17.3. The van der Waals surface area contributed by atoms with Gasteiger partial charge in [0, 0.05) is 29.9 Å². The lowest BCUT2D eigenvalue weighted by molar-refractivity contribution is 0.0785. The van der Waals surface area contributed by atoms with Crippen LogP contribution in [0, 0.1) is 0 Å². The van der Waals surface area contributed by atoms with Crippen molar-refractivity contribution in [2.75, 3.05) is 12.4 Å². The molecule has 0 unspecified atom stereocenters. The van der Waals surface area contributed by atoms with Gasteiger partial charge in [-0.25, -0.2) is 0 Å². The molecule has 5 nitrogen and oxygen atoms in total. The molecular weight excluding hydrogens is 352 g/mol. The molecule has 1 heterocycles. The molecule has 0 aliphatic rings. The lowest BCUT2D eigenvalue weighted by atomic mass is 10.1. The van der Waals surface area contributed by atoms with E-state index in [2.05, 4.69) is 5.32 Å². The maximum Gasteiger partial charge on any atom is 0.291 e. The molecule has 0 aliphatic heterocycles. The van der Waals surface area contributed by atoms with Crippen LogP contribution in [0.1, 0.15) is 26.5 Å². The molecule has 0 fully saturated rings. The van der Waals surface area contributed by atoms with E-state index in [1.54, 1.807) is 54.4 Å². The molecule has 1 N–H and O–H groups in total. The van der Waals surface area contributed by atoms with Crippen molar-refractivity contribution in [2.24, 2.45) is 0 Å². The molecule has 2 amide bonds. The van der Waals surface area contributed by atoms with Gasteiger partial charge in [0.05, 0.1) is 6.26 Å². The molecule has 0 aliphatic carbocycles. The number of hydrogen-bond donors (Lipinski definition) is 1. The minimum Gasteiger partial charge on any atom is -0.459 e. The zero-order valence-electron chi connectivity index (χ0n) is 14.1. The molecule has 0 bridgehead atoms. The van der Waals surface area contributed by atoms with E-state index < -0.39 is 0 Å². The second-order valence-corrected chi connectivity index (χ2v) is 6.17. The van der Waals surface area contributed by atoms with Gasteiger partial charge >= 0.3 is 0 Å². The first-order valence-corrected chi connectivity index (χ1v) is 8.36. The monoisotopic (exact) mass is 368 g/mol. The predicted molar refractivity (Wildman–Crippen MR) is 100 cm³/mol. The number of anilines is 1. The summed E-state index contributed by atoms with van der Waals surface area (Å²) in [5.74, 6) is -0.247. The third-order valence-electron chi connectivity index (χ3n) is 3.85. The first-order chi connectivity index (χ1) is 12.5. The number of hydrogen-bond acceptors (Lipinski definition) is 3. The summed E-state index contributed by atoms with van der Waals surface area (Å²) < 4.78 is 5.04. The molecule has 0 saturated carbocycles. The number of carbonyl (C=O) groups is 2. The van der Waals surface area contributed by atoms with Crippen LogP contribution in [0.4, 0.5) is 5.69 Å². The van der Waals surface area contributed by atoms with Gasteiger partial charge in [-0.3, -0.25) is 9.59 Å². The van der Waals surface area contributed by atoms with E-state index in [1.165, 1.54) is 6.26 Å². The molecule has 0 spiro atoms. The lowest BCUT2D eigenvalue weighted by Gasteiger charge is -2.18. The fourth-order valence-corrected chi connectivity index (χ4v) is 2.67. The molecular formula is C20H17ClN2O3. The Labute approximate surface area is 156 Å². The maximum atomic E-state index is 12.6. The first-order valence-electron chi connectivity index (χ1n) is 7.98. The van der Waals surface area contributed by atoms with Crippen LogP contribution < -0.4 is 5.32 Å². The van der Waals surface area contributed by atoms with E-state index in [9.17, 15) is 9.59 Å². The SMILES string of the molecule is CN(Cc1ccccc1Cl)C(=O)c1ccc(NC(=O)c2ccco2)cc1. The zero-order chi connectivity index (χ0) is 18.5. The Bertz CT molecular complexity index is 905. The smallest absolute Gasteiger partial charge is 0.291 e. The highest BCUT2D eigenvalue weighted by Gasteiger charge is 2.14. The van der Waals surface area contributed by atoms with Crippen LogP contribution in [0.15, 0.2) is 71.3 Å². The van der Waals surface area contributed by atoms with Crippen LogP contribution >= 0.6 is 11.6 Å². The Kier molecular flexibility index (Phi) is 5.39. The second-order valence-electron chi connectivity index (χ2n) is 5.76. The van der Waals surface area contributed by atoms with Crippen LogP contribution in [0.5, 0.6) is 0 Å². The van der Waals surface area contributed by atoms with Crippen molar-refractivity contribution in [3.05, 3.63) is 88.8 Å². The zero-order valence-corrected chi connectivity index (χ0v) is 14.9. The molecule has 0 radical (unpaired) electrons. The van der Waals surface area contributed by atoms with E-state index >= 15 is 0 Å². The van der Waals surface area contributed by atoms with E-state index in [1.807, 2.05) is 18.2 Å². The maximum absolute atomic E-state index is 12.6. The summed E-state index contributed by atoms with van der Waals surface area (Å²) in [6.45, 7) is 0.412. The minimum absolute atomic E-state index is 0.131. The molecule has 26 heavy (non-hydrogen) atoms. The number of carbonyl (C=O) groups excluding carboxylic acids is 2. The van der Waals surface area contributed by atoms with E-state index in [0.29, 0.717) is 22.8 Å². The number of amides is 2. The van der Waals surface area contributed by atoms with Gasteiger partial charge in [0.15, 0.2) is 5.76 Å². The van der Waals surface area contributed by atoms with Crippen LogP contribution in [0.25, 0.3) is 0 Å². The predicted octanol–water partition coefficient (Wildman–Crippen LogP) is 4.46. The average Bonchev–Trinajstić information content (AvgIpc) is 3.18. The van der Waals surface area contributed by atoms with Gasteiger partial charge in [-0.2, -0.15) is 0 Å². The van der Waals surface area contributed by atoms with Crippen LogP contribution in [-0.4, -0.2) is 23.8 Å². The third-order valence-corrected chi connectivity index (χ3v) is 4.22. The highest BCUT2D eigenvalue weighted by molar-refractivity contribution is 6.31. The van der Waals surface area contributed by atoms with Gasteiger partial charge in [0.25, 0.3) is 11.8 Å². The van der Waals surface area contributed by atoms with Gasteiger partial charge < -0.3 is 14.6 Å². The molecule has 0 saturated heterocycles. The van der Waals surface area contributed by atoms with Crippen molar-refractivity contribution in [1.82, 2.24) is 4.90 Å². The quantitative estimate of drug-likeness (QED) is 0.723. The molecule has 1 aromatic heterocycles. The lowest BCUT2D eigenvalue weighted by Crippen LogP contribution is -2.26. The normalized spacial score (nSPS) is 10.4. The molecule has 6 heteroatoms. The van der Waals surface area contributed by atoms with Gasteiger partial charge in [0.1, 0.15) is 0 Å². The number of benzene rings is 2. The van der Waals surface area contributed by atoms with Crippen LogP contribution in [-0.2, 0) is 6.54 Å². The highest BCUT2D eigenvalue weighted by Crippen LogP contribution is 2.18. The van der Waals surface area contributed by atoms with E-state index in [4.69, 9.17) is 16.0 Å². The highest BCUT2D eigenvalue weighted by atomic mass is 35.5. The third kappa shape index (κ3) is 4.13. The number of rotatable bonds is 5. The number of furan rings is 1. The van der Waals surface area contributed by atoms with Crippen LogP contribution in [0.3, 0.4) is 0 Å². The Morgan fingerprint density at radius 1 is 1.04 bits per heavy atom. The molecule has 0 atom stereocenters. The summed E-state index contributed by atoms with van der Waals surface area (Å²) >= 11 is 6.14. The number of nitrogens with one attached hydrogen (secondary N) is 1. The van der Waals surface area contributed by atoms with Crippen molar-refractivity contribution >= 4 is 29.1 Å². The van der Waals surface area contributed by atoms with Crippen molar-refractivity contribution in [1.29, 1.82) is 0 Å². The molecule has 2 aromatic carbocycles. The van der Waals surface area contributed by atoms with Gasteiger partial charge in [-0.05, 0) is 48.0 Å². The Morgan fingerprint density at radius 2 is 1.77 bits per heavy atom. The number of halogens is 1. The van der Waals surface area contributed by atoms with Crippen molar-refractivity contribution in [3.8, 4) is 0 Å². The topological polar surface area (TPSA) is 62.6 Å². The first kappa shape index (κ1) is 17.8. The summed E-state index contributed by atoms with van der Waals surface area (Å²) in [5, 5.41) is 3.34. The van der Waals surface area contributed by atoms with Gasteiger partial charge in [-0.15, -0.1) is 0 Å². The van der Waals surface area contributed by atoms with Crippen molar-refractivity contribution in [3.63, 3.8) is 0 Å². The standard InChI is InChI=1S/C20H17ClN2O3/c1-23(13-15-5-2-3-6-17(15)21)20(25)14-8-10-16(11-9-14)22-19(24)18-7-4-12-26-18/h2-12H,13H2,1H3,(H,22,24). The summed E-state index contributed by atoms with van der Waals surface area (Å²) in [5.41, 5.74) is 1.99. The van der Waals surface area contributed by atoms with Crippen molar-refractivity contribution < 1.29 is 14.0 Å². The largest absolute Gasteiger partial charge is 0.459 e.